The summed E-state index contributed by atoms with van der Waals surface area (Å²) < 4.78 is 13.1. The number of rotatable bonds is 7. The maximum Gasteiger partial charge on any atom is 0.251 e. The monoisotopic (exact) mass is 300 g/mol. The first kappa shape index (κ1) is 16.1. The number of aromatic nitrogens is 1. The average molecular weight is 300 g/mol. The van der Waals surface area contributed by atoms with Crippen molar-refractivity contribution >= 4 is 5.91 Å². The zero-order valence-corrected chi connectivity index (χ0v) is 12.8. The predicted octanol–water partition coefficient (Wildman–Crippen LogP) is 4.27. The molecule has 0 saturated carbocycles. The molecule has 1 amide bonds. The summed E-state index contributed by atoms with van der Waals surface area (Å²) in [4.78, 5) is 15.8. The third kappa shape index (κ3) is 4.65. The van der Waals surface area contributed by atoms with Gasteiger partial charge < -0.3 is 5.32 Å². The standard InChI is InChI=1S/C18H21FN2O/c1-2-3-5-10-16(14-8-6-4-7-9-14)21-18(22)15-11-12-20-17(19)13-15/h4,6-9,11-13,16H,2-3,5,10H2,1H3,(H,21,22). The molecular weight excluding hydrogens is 279 g/mol. The Morgan fingerprint density at radius 3 is 2.68 bits per heavy atom. The van der Waals surface area contributed by atoms with Crippen molar-refractivity contribution in [3.8, 4) is 0 Å². The van der Waals surface area contributed by atoms with E-state index in [0.29, 0.717) is 5.56 Å². The molecular formula is C18H21FN2O. The molecule has 4 heteroatoms. The highest BCUT2D eigenvalue weighted by Gasteiger charge is 2.15. The molecule has 2 rings (SSSR count). The summed E-state index contributed by atoms with van der Waals surface area (Å²) in [6.07, 6.45) is 5.48. The highest BCUT2D eigenvalue weighted by molar-refractivity contribution is 5.94. The molecule has 0 radical (unpaired) electrons. The van der Waals surface area contributed by atoms with Gasteiger partial charge in [0, 0.05) is 17.8 Å². The molecule has 0 aliphatic carbocycles. The van der Waals surface area contributed by atoms with Crippen LogP contribution in [0.5, 0.6) is 0 Å². The van der Waals surface area contributed by atoms with Gasteiger partial charge in [0.05, 0.1) is 6.04 Å². The highest BCUT2D eigenvalue weighted by Crippen LogP contribution is 2.20. The van der Waals surface area contributed by atoms with Gasteiger partial charge in [0.1, 0.15) is 0 Å². The van der Waals surface area contributed by atoms with Gasteiger partial charge in [0.2, 0.25) is 5.95 Å². The van der Waals surface area contributed by atoms with Gasteiger partial charge in [0.15, 0.2) is 0 Å². The molecule has 0 fully saturated rings. The Balaban J connectivity index is 2.10. The van der Waals surface area contributed by atoms with E-state index in [9.17, 15) is 9.18 Å². The summed E-state index contributed by atoms with van der Waals surface area (Å²) in [6, 6.07) is 12.5. The number of nitrogens with zero attached hydrogens (tertiary/aromatic N) is 1. The van der Waals surface area contributed by atoms with Gasteiger partial charge in [-0.2, -0.15) is 4.39 Å². The Bertz CT molecular complexity index is 601. The van der Waals surface area contributed by atoms with E-state index in [1.807, 2.05) is 30.3 Å². The summed E-state index contributed by atoms with van der Waals surface area (Å²) in [6.45, 7) is 2.15. The second-order valence-electron chi connectivity index (χ2n) is 5.30. The normalized spacial score (nSPS) is 11.9. The highest BCUT2D eigenvalue weighted by atomic mass is 19.1. The fraction of sp³-hybridized carbons (Fsp3) is 0.333. The van der Waals surface area contributed by atoms with Crippen molar-refractivity contribution in [3.63, 3.8) is 0 Å². The van der Waals surface area contributed by atoms with Crippen LogP contribution >= 0.6 is 0 Å². The van der Waals surface area contributed by atoms with Crippen LogP contribution in [-0.4, -0.2) is 10.9 Å². The van der Waals surface area contributed by atoms with Crippen LogP contribution in [-0.2, 0) is 0 Å². The van der Waals surface area contributed by atoms with Crippen molar-refractivity contribution in [3.05, 3.63) is 65.7 Å². The molecule has 2 aromatic rings. The second kappa shape index (κ2) is 8.27. The maximum atomic E-state index is 13.1. The lowest BCUT2D eigenvalue weighted by Gasteiger charge is -2.19. The zero-order chi connectivity index (χ0) is 15.8. The molecule has 1 atom stereocenters. The first-order valence-corrected chi connectivity index (χ1v) is 7.68. The van der Waals surface area contributed by atoms with Gasteiger partial charge in [-0.3, -0.25) is 4.79 Å². The van der Waals surface area contributed by atoms with Gasteiger partial charge in [-0.15, -0.1) is 0 Å². The Kier molecular flexibility index (Phi) is 6.07. The molecule has 22 heavy (non-hydrogen) atoms. The van der Waals surface area contributed by atoms with E-state index >= 15 is 0 Å². The Hall–Kier alpha value is -2.23. The molecule has 1 N–H and O–H groups in total. The summed E-state index contributed by atoms with van der Waals surface area (Å²) in [5.41, 5.74) is 1.37. The van der Waals surface area contributed by atoms with E-state index in [1.165, 1.54) is 12.3 Å². The maximum absolute atomic E-state index is 13.1. The molecule has 1 aromatic heterocycles. The van der Waals surface area contributed by atoms with E-state index < -0.39 is 5.95 Å². The number of pyridine rings is 1. The Labute approximate surface area is 130 Å². The Morgan fingerprint density at radius 2 is 2.00 bits per heavy atom. The van der Waals surface area contributed by atoms with E-state index in [-0.39, 0.29) is 11.9 Å². The Morgan fingerprint density at radius 1 is 1.23 bits per heavy atom. The zero-order valence-electron chi connectivity index (χ0n) is 12.8. The van der Waals surface area contributed by atoms with Crippen molar-refractivity contribution in [2.75, 3.05) is 0 Å². The van der Waals surface area contributed by atoms with E-state index in [2.05, 4.69) is 17.2 Å². The number of amides is 1. The molecule has 0 aliphatic heterocycles. The van der Waals surface area contributed by atoms with Crippen LogP contribution in [0, 0.1) is 5.95 Å². The second-order valence-corrected chi connectivity index (χ2v) is 5.30. The molecule has 3 nitrogen and oxygen atoms in total. The largest absolute Gasteiger partial charge is 0.345 e. The van der Waals surface area contributed by atoms with Crippen molar-refractivity contribution in [2.24, 2.45) is 0 Å². The third-order valence-electron chi connectivity index (χ3n) is 3.59. The minimum absolute atomic E-state index is 0.0588. The molecule has 1 heterocycles. The van der Waals surface area contributed by atoms with Crippen LogP contribution in [0.25, 0.3) is 0 Å². The fourth-order valence-electron chi connectivity index (χ4n) is 2.39. The summed E-state index contributed by atoms with van der Waals surface area (Å²) in [5.74, 6) is -0.915. The van der Waals surface area contributed by atoms with E-state index in [1.54, 1.807) is 0 Å². The quantitative estimate of drug-likeness (QED) is 0.613. The number of carbonyl (C=O) groups is 1. The van der Waals surface area contributed by atoms with Crippen molar-refractivity contribution in [1.29, 1.82) is 0 Å². The summed E-state index contributed by atoms with van der Waals surface area (Å²) >= 11 is 0. The first-order chi connectivity index (χ1) is 10.7. The lowest BCUT2D eigenvalue weighted by Crippen LogP contribution is -2.28. The molecule has 0 bridgehead atoms. The molecule has 0 spiro atoms. The molecule has 1 aromatic carbocycles. The molecule has 0 aliphatic rings. The topological polar surface area (TPSA) is 42.0 Å². The number of nitrogens with one attached hydrogen (secondary N) is 1. The van der Waals surface area contributed by atoms with Gasteiger partial charge in [0.25, 0.3) is 5.91 Å². The van der Waals surface area contributed by atoms with Crippen LogP contribution in [0.4, 0.5) is 4.39 Å². The number of hydrogen-bond donors (Lipinski definition) is 1. The van der Waals surface area contributed by atoms with Crippen LogP contribution in [0.15, 0.2) is 48.7 Å². The number of benzene rings is 1. The van der Waals surface area contributed by atoms with Crippen LogP contribution in [0.1, 0.15) is 54.6 Å². The SMILES string of the molecule is CCCCCC(NC(=O)c1ccnc(F)c1)c1ccccc1. The number of carbonyl (C=O) groups excluding carboxylic acids is 1. The van der Waals surface area contributed by atoms with E-state index in [4.69, 9.17) is 0 Å². The van der Waals surface area contributed by atoms with Gasteiger partial charge in [-0.1, -0.05) is 56.5 Å². The smallest absolute Gasteiger partial charge is 0.251 e. The molecule has 0 saturated heterocycles. The summed E-state index contributed by atoms with van der Waals surface area (Å²) in [5, 5.41) is 3.00. The van der Waals surface area contributed by atoms with Crippen LogP contribution in [0.3, 0.4) is 0 Å². The lowest BCUT2D eigenvalue weighted by atomic mass is 10.00. The average Bonchev–Trinajstić information content (AvgIpc) is 2.55. The summed E-state index contributed by atoms with van der Waals surface area (Å²) in [7, 11) is 0. The lowest BCUT2D eigenvalue weighted by molar-refractivity contribution is 0.0933. The fourth-order valence-corrected chi connectivity index (χ4v) is 2.39. The predicted molar refractivity (Wildman–Crippen MR) is 85.0 cm³/mol. The van der Waals surface area contributed by atoms with Crippen LogP contribution < -0.4 is 5.32 Å². The van der Waals surface area contributed by atoms with Gasteiger partial charge in [-0.05, 0) is 18.1 Å². The minimum atomic E-state index is -0.644. The third-order valence-corrected chi connectivity index (χ3v) is 3.59. The molecule has 1 unspecified atom stereocenters. The van der Waals surface area contributed by atoms with Gasteiger partial charge >= 0.3 is 0 Å². The van der Waals surface area contributed by atoms with Gasteiger partial charge in [-0.25, -0.2) is 4.98 Å². The number of unbranched alkanes of at least 4 members (excludes halogenated alkanes) is 2. The number of hydrogen-bond acceptors (Lipinski definition) is 2. The number of halogens is 1. The van der Waals surface area contributed by atoms with E-state index in [0.717, 1.165) is 37.3 Å². The van der Waals surface area contributed by atoms with Crippen molar-refractivity contribution < 1.29 is 9.18 Å². The van der Waals surface area contributed by atoms with Crippen molar-refractivity contribution in [1.82, 2.24) is 10.3 Å². The first-order valence-electron chi connectivity index (χ1n) is 7.68. The minimum Gasteiger partial charge on any atom is -0.345 e. The van der Waals surface area contributed by atoms with Crippen LogP contribution in [0.2, 0.25) is 0 Å². The van der Waals surface area contributed by atoms with Crippen molar-refractivity contribution in [2.45, 2.75) is 38.6 Å². The molecule has 116 valence electrons.